The Hall–Kier alpha value is 0.492. The van der Waals surface area contributed by atoms with E-state index in [9.17, 15) is 0 Å². The molecule has 0 heterocycles. The fourth-order valence-corrected chi connectivity index (χ4v) is 0.866. The van der Waals surface area contributed by atoms with E-state index in [0.717, 1.165) is 10.5 Å². The van der Waals surface area contributed by atoms with Crippen LogP contribution in [-0.2, 0) is 30.0 Å². The molecule has 0 aromatic carbocycles. The zero-order chi connectivity index (χ0) is 6.99. The van der Waals surface area contributed by atoms with E-state index < -0.39 is 9.04 Å². The van der Waals surface area contributed by atoms with Crippen LogP contribution in [0.2, 0.25) is 6.55 Å². The van der Waals surface area contributed by atoms with Crippen molar-refractivity contribution in [2.24, 2.45) is 0 Å². The first-order valence-electron chi connectivity index (χ1n) is 2.25. The molecule has 0 aliphatic carbocycles. The Bertz CT molecular complexity index is 62.5. The molecular weight excluding hydrogens is 331 g/mol. The molecule has 9 heavy (non-hydrogen) atoms. The molecule has 0 fully saturated rings. The molecule has 0 spiro atoms. The summed E-state index contributed by atoms with van der Waals surface area (Å²) in [4.78, 5) is 8.00. The average molecular weight is 343 g/mol. The minimum atomic E-state index is -0.835. The number of rotatable bonds is 2. The predicted molar refractivity (Wildman–Crippen MR) is 41.4 cm³/mol. The summed E-state index contributed by atoms with van der Waals surface area (Å²) in [6.07, 6.45) is 0. The van der Waals surface area contributed by atoms with E-state index in [2.05, 4.69) is 13.1 Å². The normalized spacial score (nSPS) is 9.89. The minimum absolute atomic E-state index is 0. The van der Waals surface area contributed by atoms with Crippen LogP contribution >= 0.6 is 0 Å². The predicted octanol–water partition coefficient (Wildman–Crippen LogP) is -0.825. The molecule has 0 aliphatic rings. The molecule has 1 atom stereocenters. The van der Waals surface area contributed by atoms with Gasteiger partial charge in [-0.05, 0) is 6.55 Å². The molecule has 1 unspecified atom stereocenters. The van der Waals surface area contributed by atoms with Crippen molar-refractivity contribution in [3.05, 3.63) is 12.3 Å². The number of hydrogen-bond donors (Lipinski definition) is 0. The van der Waals surface area contributed by atoms with Crippen LogP contribution in [0.5, 0.6) is 0 Å². The third-order valence-corrected chi connectivity index (χ3v) is 4.34. The first-order valence-corrected chi connectivity index (χ1v) is 5.36. The van der Waals surface area contributed by atoms with Crippen LogP contribution in [0.25, 0.3) is 0 Å². The van der Waals surface area contributed by atoms with Crippen molar-refractivity contribution < 1.29 is 30.0 Å². The second kappa shape index (κ2) is 15.8. The Kier molecular flexibility index (Phi) is 28.5. The Morgan fingerprint density at radius 1 is 1.67 bits per heavy atom. The topological polar surface area (TPSA) is 26.3 Å². The van der Waals surface area contributed by atoms with Gasteiger partial charge in [0.25, 0.3) is 0 Å². The van der Waals surface area contributed by atoms with Crippen molar-refractivity contribution in [3.63, 3.8) is 0 Å². The van der Waals surface area contributed by atoms with Gasteiger partial charge in [0.1, 0.15) is 17.3 Å². The van der Waals surface area contributed by atoms with E-state index in [-0.39, 0.29) is 21.1 Å². The molecule has 58 valence electrons. The van der Waals surface area contributed by atoms with Gasteiger partial charge in [-0.3, -0.25) is 0 Å². The van der Waals surface area contributed by atoms with Crippen LogP contribution in [0.1, 0.15) is 0 Å². The summed E-state index contributed by atoms with van der Waals surface area (Å²) in [5.41, 5.74) is 1.92. The van der Waals surface area contributed by atoms with Crippen molar-refractivity contribution >= 4 is 26.3 Å². The van der Waals surface area contributed by atoms with Gasteiger partial charge in [-0.2, -0.15) is 0 Å². The SMILES string of the molecule is C=C[SiH](C)O[SiH3].C=O.[Pt]. The molecular formula is C4H12O2PtSi2. The standard InChI is InChI=1S/C3H10OSi2.CH2O.Pt/c1-3-6(2)4-5;1-2;/h3,6H,1H2,2,5H3;1H2;. The fraction of sp³-hybridized carbons (Fsp3) is 0.250. The van der Waals surface area contributed by atoms with Crippen LogP contribution in [-0.4, -0.2) is 26.3 Å². The van der Waals surface area contributed by atoms with E-state index in [0.29, 0.717) is 0 Å². The van der Waals surface area contributed by atoms with Gasteiger partial charge in [0.15, 0.2) is 9.04 Å². The van der Waals surface area contributed by atoms with E-state index in [1.807, 2.05) is 12.5 Å². The molecule has 0 saturated carbocycles. The zero-order valence-electron chi connectivity index (χ0n) is 5.70. The van der Waals surface area contributed by atoms with Crippen molar-refractivity contribution in [1.29, 1.82) is 0 Å². The number of hydrogen-bond acceptors (Lipinski definition) is 2. The van der Waals surface area contributed by atoms with E-state index >= 15 is 0 Å². The van der Waals surface area contributed by atoms with Crippen LogP contribution < -0.4 is 0 Å². The van der Waals surface area contributed by atoms with Crippen molar-refractivity contribution in [1.82, 2.24) is 0 Å². The summed E-state index contributed by atoms with van der Waals surface area (Å²) in [7, 11) is 0.0381. The summed E-state index contributed by atoms with van der Waals surface area (Å²) in [6, 6.07) is 0. The van der Waals surface area contributed by atoms with Gasteiger partial charge in [-0.1, -0.05) is 5.70 Å². The Balaban J connectivity index is -0.000000109. The second-order valence-electron chi connectivity index (χ2n) is 1.18. The van der Waals surface area contributed by atoms with Gasteiger partial charge in [0.2, 0.25) is 0 Å². The summed E-state index contributed by atoms with van der Waals surface area (Å²) >= 11 is 0. The smallest absolute Gasteiger partial charge is 0.183 e. The molecule has 0 N–H and O–H groups in total. The molecule has 0 aromatic rings. The number of carbonyl (C=O) groups excluding carboxylic acids is 1. The molecule has 0 bridgehead atoms. The molecule has 0 radical (unpaired) electrons. The molecule has 5 heteroatoms. The van der Waals surface area contributed by atoms with Gasteiger partial charge >= 0.3 is 0 Å². The van der Waals surface area contributed by atoms with Crippen molar-refractivity contribution in [3.8, 4) is 0 Å². The van der Waals surface area contributed by atoms with Crippen LogP contribution in [0.3, 0.4) is 0 Å². The molecule has 0 aromatic heterocycles. The minimum Gasteiger partial charge on any atom is -0.463 e. The summed E-state index contributed by atoms with van der Waals surface area (Å²) < 4.78 is 5.06. The summed E-state index contributed by atoms with van der Waals surface area (Å²) in [5.74, 6) is 0. The molecule has 0 amide bonds. The van der Waals surface area contributed by atoms with Crippen molar-refractivity contribution in [2.75, 3.05) is 0 Å². The molecule has 0 saturated heterocycles. The molecule has 0 aliphatic heterocycles. The molecule has 2 nitrogen and oxygen atoms in total. The van der Waals surface area contributed by atoms with E-state index in [1.54, 1.807) is 0 Å². The second-order valence-corrected chi connectivity index (χ2v) is 4.94. The van der Waals surface area contributed by atoms with Gasteiger partial charge in [-0.15, -0.1) is 6.58 Å². The Labute approximate surface area is 75.2 Å². The third-order valence-electron chi connectivity index (χ3n) is 0.704. The quantitative estimate of drug-likeness (QED) is 0.612. The van der Waals surface area contributed by atoms with E-state index in [4.69, 9.17) is 8.91 Å². The Morgan fingerprint density at radius 3 is 2.00 bits per heavy atom. The summed E-state index contributed by atoms with van der Waals surface area (Å²) in [5, 5.41) is 0. The first kappa shape index (κ1) is 16.2. The Morgan fingerprint density at radius 2 is 2.00 bits per heavy atom. The van der Waals surface area contributed by atoms with Gasteiger partial charge < -0.3 is 8.91 Å². The van der Waals surface area contributed by atoms with Gasteiger partial charge in [0, 0.05) is 21.1 Å². The van der Waals surface area contributed by atoms with E-state index in [1.165, 1.54) is 0 Å². The maximum atomic E-state index is 8.00. The largest absolute Gasteiger partial charge is 0.463 e. The van der Waals surface area contributed by atoms with Gasteiger partial charge in [-0.25, -0.2) is 0 Å². The van der Waals surface area contributed by atoms with Crippen LogP contribution in [0.15, 0.2) is 12.3 Å². The van der Waals surface area contributed by atoms with Crippen LogP contribution in [0.4, 0.5) is 0 Å². The zero-order valence-corrected chi connectivity index (χ0v) is 11.1. The third kappa shape index (κ3) is 17.7. The fourth-order valence-electron chi connectivity index (χ4n) is 0.0962. The van der Waals surface area contributed by atoms with Crippen LogP contribution in [0, 0.1) is 0 Å². The molecule has 0 rings (SSSR count). The number of carbonyl (C=O) groups is 1. The van der Waals surface area contributed by atoms with Crippen molar-refractivity contribution in [2.45, 2.75) is 6.55 Å². The maximum Gasteiger partial charge on any atom is 0.183 e. The maximum absolute atomic E-state index is 8.00. The van der Waals surface area contributed by atoms with Gasteiger partial charge in [0.05, 0.1) is 0 Å². The summed E-state index contributed by atoms with van der Waals surface area (Å²) in [6.45, 7) is 7.70. The average Bonchev–Trinajstić information content (AvgIpc) is 1.91. The first-order chi connectivity index (χ1) is 3.81. The monoisotopic (exact) mass is 343 g/mol.